The topological polar surface area (TPSA) is 42.0 Å². The summed E-state index contributed by atoms with van der Waals surface area (Å²) >= 11 is 9.26. The Morgan fingerprint density at radius 3 is 2.31 bits per heavy atom. The Hall–Kier alpha value is -1.77. The molecule has 1 N–H and O–H groups in total. The van der Waals surface area contributed by atoms with Crippen LogP contribution in [0.3, 0.4) is 0 Å². The normalized spacial score (nSPS) is 10.9. The number of fused-ring (bicyclic) bond motifs is 1. The molecule has 1 aromatic heterocycles. The van der Waals surface area contributed by atoms with Crippen LogP contribution < -0.4 is 5.32 Å². The highest BCUT2D eigenvalue weighted by Crippen LogP contribution is 2.30. The zero-order valence-electron chi connectivity index (χ0n) is 15.3. The number of nitrogens with one attached hydrogen (secondary N) is 1. The molecular weight excluding hydrogens is 607 g/mol. The summed E-state index contributed by atoms with van der Waals surface area (Å²) in [5.41, 5.74) is 4.91. The minimum atomic E-state index is -0.158. The lowest BCUT2D eigenvalue weighted by Crippen LogP contribution is -2.13. The van der Waals surface area contributed by atoms with Crippen molar-refractivity contribution in [1.29, 1.82) is 0 Å². The SMILES string of the molecule is Cc1cc(Br)cc2c(C(=O)Nc3ccc(I)cc3)cc(-c3ccc(Br)cc3)nc12. The number of amides is 1. The zero-order chi connectivity index (χ0) is 20.5. The largest absolute Gasteiger partial charge is 0.322 e. The fourth-order valence-electron chi connectivity index (χ4n) is 3.14. The van der Waals surface area contributed by atoms with Crippen LogP contribution in [0.2, 0.25) is 0 Å². The third-order valence-electron chi connectivity index (χ3n) is 4.56. The number of pyridine rings is 1. The number of aryl methyl sites for hydroxylation is 1. The molecule has 3 aromatic carbocycles. The third kappa shape index (κ3) is 4.54. The van der Waals surface area contributed by atoms with Gasteiger partial charge in [0.1, 0.15) is 0 Å². The van der Waals surface area contributed by atoms with E-state index in [1.165, 1.54) is 0 Å². The molecule has 4 aromatic rings. The Balaban J connectivity index is 1.86. The quantitative estimate of drug-likeness (QED) is 0.240. The van der Waals surface area contributed by atoms with E-state index in [0.29, 0.717) is 5.56 Å². The number of anilines is 1. The van der Waals surface area contributed by atoms with Crippen molar-refractivity contribution >= 4 is 76.9 Å². The lowest BCUT2D eigenvalue weighted by atomic mass is 10.0. The van der Waals surface area contributed by atoms with E-state index in [1.54, 1.807) is 0 Å². The number of halogens is 3. The van der Waals surface area contributed by atoms with Crippen molar-refractivity contribution < 1.29 is 4.79 Å². The molecule has 0 unspecified atom stereocenters. The summed E-state index contributed by atoms with van der Waals surface area (Å²) in [5, 5.41) is 3.83. The van der Waals surface area contributed by atoms with E-state index in [1.807, 2.05) is 73.7 Å². The highest BCUT2D eigenvalue weighted by Gasteiger charge is 2.16. The fraction of sp³-hybridized carbons (Fsp3) is 0.0435. The predicted octanol–water partition coefficient (Wildman–Crippen LogP) is 7.59. The lowest BCUT2D eigenvalue weighted by molar-refractivity contribution is 0.102. The second-order valence-corrected chi connectivity index (χ2v) is 9.72. The molecule has 1 heterocycles. The van der Waals surface area contributed by atoms with Gasteiger partial charge in [0.2, 0.25) is 0 Å². The van der Waals surface area contributed by atoms with Gasteiger partial charge in [-0.25, -0.2) is 4.98 Å². The van der Waals surface area contributed by atoms with Crippen LogP contribution in [0, 0.1) is 10.5 Å². The van der Waals surface area contributed by atoms with Gasteiger partial charge in [-0.05, 0) is 89.7 Å². The first-order valence-electron chi connectivity index (χ1n) is 8.84. The number of carbonyl (C=O) groups excluding carboxylic acids is 1. The number of aromatic nitrogens is 1. The number of hydrogen-bond acceptors (Lipinski definition) is 2. The van der Waals surface area contributed by atoms with Crippen molar-refractivity contribution in [1.82, 2.24) is 4.98 Å². The highest BCUT2D eigenvalue weighted by atomic mass is 127. The average molecular weight is 622 g/mol. The molecule has 144 valence electrons. The minimum Gasteiger partial charge on any atom is -0.322 e. The van der Waals surface area contributed by atoms with Gasteiger partial charge in [0.05, 0.1) is 16.8 Å². The third-order valence-corrected chi connectivity index (χ3v) is 6.26. The summed E-state index contributed by atoms with van der Waals surface area (Å²) in [6.45, 7) is 2.01. The number of rotatable bonds is 3. The first kappa shape index (κ1) is 20.5. The van der Waals surface area contributed by atoms with Crippen molar-refractivity contribution in [2.45, 2.75) is 6.92 Å². The standard InChI is InChI=1S/C23H15Br2IN2O/c1-13-10-16(25)11-19-20(23(29)27-18-8-6-17(26)7-9-18)12-21(28-22(13)19)14-2-4-15(24)5-3-14/h2-12H,1H3,(H,27,29). The number of carbonyl (C=O) groups is 1. The summed E-state index contributed by atoms with van der Waals surface area (Å²) in [5.74, 6) is -0.158. The van der Waals surface area contributed by atoms with Gasteiger partial charge in [-0.1, -0.05) is 44.0 Å². The van der Waals surface area contributed by atoms with Gasteiger partial charge in [-0.2, -0.15) is 0 Å². The van der Waals surface area contributed by atoms with Crippen molar-refractivity contribution in [3.05, 3.63) is 90.4 Å². The lowest BCUT2D eigenvalue weighted by Gasteiger charge is -2.13. The Kier molecular flexibility index (Phi) is 6.03. The number of nitrogens with zero attached hydrogens (tertiary/aromatic N) is 1. The summed E-state index contributed by atoms with van der Waals surface area (Å²) in [4.78, 5) is 18.1. The zero-order valence-corrected chi connectivity index (χ0v) is 20.7. The molecule has 3 nitrogen and oxygen atoms in total. The Labute approximate surface area is 199 Å². The molecule has 0 atom stereocenters. The van der Waals surface area contributed by atoms with Crippen LogP contribution in [0.4, 0.5) is 5.69 Å². The summed E-state index contributed by atoms with van der Waals surface area (Å²) < 4.78 is 3.04. The molecule has 0 aliphatic carbocycles. The maximum absolute atomic E-state index is 13.2. The van der Waals surface area contributed by atoms with Crippen molar-refractivity contribution in [2.24, 2.45) is 0 Å². The predicted molar refractivity (Wildman–Crippen MR) is 134 cm³/mol. The molecule has 1 amide bonds. The Bertz CT molecular complexity index is 1220. The monoisotopic (exact) mass is 620 g/mol. The van der Waals surface area contributed by atoms with Gasteiger partial charge in [-0.3, -0.25) is 4.79 Å². The van der Waals surface area contributed by atoms with E-state index in [4.69, 9.17) is 4.98 Å². The minimum absolute atomic E-state index is 0.158. The van der Waals surface area contributed by atoms with Crippen LogP contribution in [0.25, 0.3) is 22.2 Å². The molecule has 0 spiro atoms. The first-order valence-corrected chi connectivity index (χ1v) is 11.5. The van der Waals surface area contributed by atoms with Gasteiger partial charge in [0.25, 0.3) is 5.91 Å². The van der Waals surface area contributed by atoms with E-state index in [2.05, 4.69) is 59.8 Å². The molecule has 0 aliphatic heterocycles. The highest BCUT2D eigenvalue weighted by molar-refractivity contribution is 14.1. The van der Waals surface area contributed by atoms with E-state index in [9.17, 15) is 4.79 Å². The molecule has 0 radical (unpaired) electrons. The van der Waals surface area contributed by atoms with Crippen LogP contribution in [-0.2, 0) is 0 Å². The summed E-state index contributed by atoms with van der Waals surface area (Å²) in [6, 6.07) is 21.5. The van der Waals surface area contributed by atoms with E-state index in [0.717, 1.165) is 45.9 Å². The maximum Gasteiger partial charge on any atom is 0.256 e. The van der Waals surface area contributed by atoms with E-state index >= 15 is 0 Å². The molecule has 0 saturated carbocycles. The summed E-state index contributed by atoms with van der Waals surface area (Å²) in [6.07, 6.45) is 0. The molecule has 4 rings (SSSR count). The van der Waals surface area contributed by atoms with Crippen LogP contribution in [0.15, 0.2) is 75.7 Å². The van der Waals surface area contributed by atoms with Gasteiger partial charge >= 0.3 is 0 Å². The number of hydrogen-bond donors (Lipinski definition) is 1. The van der Waals surface area contributed by atoms with Crippen LogP contribution >= 0.6 is 54.5 Å². The molecule has 0 aliphatic rings. The average Bonchev–Trinajstić information content (AvgIpc) is 2.69. The fourth-order valence-corrected chi connectivity index (χ4v) is 4.34. The smallest absolute Gasteiger partial charge is 0.256 e. The molecule has 29 heavy (non-hydrogen) atoms. The molecule has 0 saturated heterocycles. The van der Waals surface area contributed by atoms with Gasteiger partial charge in [-0.15, -0.1) is 0 Å². The van der Waals surface area contributed by atoms with E-state index < -0.39 is 0 Å². The second kappa shape index (κ2) is 8.53. The molecule has 0 fully saturated rings. The molecule has 6 heteroatoms. The molecular formula is C23H15Br2IN2O. The Morgan fingerprint density at radius 1 is 0.931 bits per heavy atom. The van der Waals surface area contributed by atoms with Crippen LogP contribution in [0.5, 0.6) is 0 Å². The Morgan fingerprint density at radius 2 is 1.62 bits per heavy atom. The first-order chi connectivity index (χ1) is 13.9. The van der Waals surface area contributed by atoms with Gasteiger partial charge in [0.15, 0.2) is 0 Å². The van der Waals surface area contributed by atoms with Crippen molar-refractivity contribution in [3.8, 4) is 11.3 Å². The second-order valence-electron chi connectivity index (χ2n) is 6.64. The van der Waals surface area contributed by atoms with Gasteiger partial charge in [0, 0.05) is 29.2 Å². The van der Waals surface area contributed by atoms with E-state index in [-0.39, 0.29) is 5.91 Å². The van der Waals surface area contributed by atoms with Crippen molar-refractivity contribution in [3.63, 3.8) is 0 Å². The number of benzene rings is 3. The van der Waals surface area contributed by atoms with Crippen LogP contribution in [0.1, 0.15) is 15.9 Å². The van der Waals surface area contributed by atoms with Crippen LogP contribution in [-0.4, -0.2) is 10.9 Å². The molecule has 0 bridgehead atoms. The van der Waals surface area contributed by atoms with Gasteiger partial charge < -0.3 is 5.32 Å². The summed E-state index contributed by atoms with van der Waals surface area (Å²) in [7, 11) is 0. The maximum atomic E-state index is 13.2. The van der Waals surface area contributed by atoms with Crippen molar-refractivity contribution in [2.75, 3.05) is 5.32 Å².